The number of allylic oxidation sites excluding steroid dienone is 1. The third-order valence-electron chi connectivity index (χ3n) is 6.03. The zero-order valence-electron chi connectivity index (χ0n) is 17.0. The number of hydrogen-bond acceptors (Lipinski definition) is 4. The molecule has 0 radical (unpaired) electrons. The summed E-state index contributed by atoms with van der Waals surface area (Å²) in [5.41, 5.74) is 5.10. The molecule has 1 aromatic heterocycles. The van der Waals surface area contributed by atoms with Crippen LogP contribution in [0.1, 0.15) is 72.5 Å². The lowest BCUT2D eigenvalue weighted by molar-refractivity contribution is 0.0697. The second-order valence-electron chi connectivity index (χ2n) is 9.02. The van der Waals surface area contributed by atoms with Crippen LogP contribution < -0.4 is 5.01 Å². The number of anilines is 2. The second kappa shape index (κ2) is 6.31. The molecule has 1 N–H and O–H groups in total. The smallest absolute Gasteiger partial charge is 0.335 e. The van der Waals surface area contributed by atoms with E-state index in [1.165, 1.54) is 28.8 Å². The van der Waals surface area contributed by atoms with Crippen LogP contribution in [0.2, 0.25) is 0 Å². The third kappa shape index (κ3) is 2.89. The zero-order chi connectivity index (χ0) is 20.3. The van der Waals surface area contributed by atoms with E-state index in [4.69, 9.17) is 5.10 Å². The molecule has 2 aliphatic rings. The molecule has 0 saturated carbocycles. The van der Waals surface area contributed by atoms with Gasteiger partial charge in [0.1, 0.15) is 5.00 Å². The van der Waals surface area contributed by atoms with E-state index in [2.05, 4.69) is 34.6 Å². The van der Waals surface area contributed by atoms with Gasteiger partial charge in [-0.1, -0.05) is 33.8 Å². The number of benzene rings is 1. The Morgan fingerprint density at radius 1 is 1.18 bits per heavy atom. The predicted molar refractivity (Wildman–Crippen MR) is 117 cm³/mol. The Morgan fingerprint density at radius 3 is 2.57 bits per heavy atom. The molecule has 0 spiro atoms. The van der Waals surface area contributed by atoms with E-state index in [0.29, 0.717) is 0 Å². The summed E-state index contributed by atoms with van der Waals surface area (Å²) >= 11 is 1.83. The fraction of sp³-hybridized carbons (Fsp3) is 0.391. The highest BCUT2D eigenvalue weighted by molar-refractivity contribution is 7.16. The first-order chi connectivity index (χ1) is 13.1. The molecule has 0 atom stereocenters. The summed E-state index contributed by atoms with van der Waals surface area (Å²) in [7, 11) is 0. The number of hydrogen-bond donors (Lipinski definition) is 1. The standard InChI is InChI=1S/C23H26N2O2S/c1-14-18-19(23(4,5)11-10-22(18,2)3)28-20(14)25-17-9-8-16(21(26)27)13-15(17)7-6-12-24-25/h6-9,12-13H,10-11H2,1-5H3,(H,26,27). The van der Waals surface area contributed by atoms with Gasteiger partial charge in [0.25, 0.3) is 0 Å². The number of rotatable bonds is 2. The van der Waals surface area contributed by atoms with Crippen LogP contribution in [0, 0.1) is 6.92 Å². The number of aromatic carboxylic acids is 1. The minimum atomic E-state index is -0.917. The third-order valence-corrected chi connectivity index (χ3v) is 7.66. The van der Waals surface area contributed by atoms with Gasteiger partial charge >= 0.3 is 5.97 Å². The minimum absolute atomic E-state index is 0.146. The lowest BCUT2D eigenvalue weighted by Gasteiger charge is -2.39. The van der Waals surface area contributed by atoms with Gasteiger partial charge in [-0.05, 0) is 66.0 Å². The molecule has 5 heteroatoms. The molecule has 0 amide bonds. The Labute approximate surface area is 170 Å². The zero-order valence-corrected chi connectivity index (χ0v) is 17.9. The molecule has 0 fully saturated rings. The SMILES string of the molecule is Cc1c(N2N=CC=Cc3cc(C(=O)O)ccc32)sc2c1C(C)(C)CCC2(C)C. The highest BCUT2D eigenvalue weighted by Gasteiger charge is 2.41. The van der Waals surface area contributed by atoms with Gasteiger partial charge in [0.2, 0.25) is 0 Å². The van der Waals surface area contributed by atoms with Crippen molar-refractivity contribution in [3.63, 3.8) is 0 Å². The maximum absolute atomic E-state index is 11.4. The van der Waals surface area contributed by atoms with Gasteiger partial charge < -0.3 is 5.11 Å². The Morgan fingerprint density at radius 2 is 1.89 bits per heavy atom. The van der Waals surface area contributed by atoms with E-state index >= 15 is 0 Å². The van der Waals surface area contributed by atoms with Crippen LogP contribution in [0.25, 0.3) is 6.08 Å². The molecule has 146 valence electrons. The van der Waals surface area contributed by atoms with E-state index in [-0.39, 0.29) is 16.4 Å². The molecule has 28 heavy (non-hydrogen) atoms. The van der Waals surface area contributed by atoms with Crippen molar-refractivity contribution < 1.29 is 9.90 Å². The number of carboxylic acid groups (broad SMARTS) is 1. The van der Waals surface area contributed by atoms with Crippen molar-refractivity contribution in [1.29, 1.82) is 0 Å². The van der Waals surface area contributed by atoms with Crippen molar-refractivity contribution in [2.24, 2.45) is 5.10 Å². The minimum Gasteiger partial charge on any atom is -0.478 e. The van der Waals surface area contributed by atoms with Crippen LogP contribution in [0.15, 0.2) is 29.4 Å². The molecular formula is C23H26N2O2S. The van der Waals surface area contributed by atoms with Crippen LogP contribution in [0.5, 0.6) is 0 Å². The molecule has 0 bridgehead atoms. The number of fused-ring (bicyclic) bond motifs is 2. The largest absolute Gasteiger partial charge is 0.478 e. The molecule has 4 rings (SSSR count). The van der Waals surface area contributed by atoms with Crippen molar-refractivity contribution in [1.82, 2.24) is 0 Å². The van der Waals surface area contributed by atoms with Crippen molar-refractivity contribution in [2.45, 2.75) is 58.3 Å². The normalized spacial score (nSPS) is 19.1. The van der Waals surface area contributed by atoms with Gasteiger partial charge in [-0.2, -0.15) is 5.10 Å². The summed E-state index contributed by atoms with van der Waals surface area (Å²) in [4.78, 5) is 12.8. The van der Waals surface area contributed by atoms with Crippen molar-refractivity contribution in [3.8, 4) is 0 Å². The quantitative estimate of drug-likeness (QED) is 0.654. The fourth-order valence-electron chi connectivity index (χ4n) is 4.35. The van der Waals surface area contributed by atoms with Crippen LogP contribution >= 0.6 is 11.3 Å². The summed E-state index contributed by atoms with van der Waals surface area (Å²) in [6.07, 6.45) is 7.90. The first-order valence-electron chi connectivity index (χ1n) is 9.64. The molecule has 0 unspecified atom stereocenters. The van der Waals surface area contributed by atoms with Crippen molar-refractivity contribution >= 4 is 40.3 Å². The average molecular weight is 395 g/mol. The van der Waals surface area contributed by atoms with Gasteiger partial charge in [0, 0.05) is 16.7 Å². The maximum Gasteiger partial charge on any atom is 0.335 e. The first-order valence-corrected chi connectivity index (χ1v) is 10.5. The van der Waals surface area contributed by atoms with E-state index < -0.39 is 5.97 Å². The van der Waals surface area contributed by atoms with Crippen molar-refractivity contribution in [3.05, 3.63) is 51.4 Å². The number of nitrogens with zero attached hydrogens (tertiary/aromatic N) is 2. The van der Waals surface area contributed by atoms with Crippen LogP contribution in [0.3, 0.4) is 0 Å². The Kier molecular flexibility index (Phi) is 4.27. The molecule has 4 nitrogen and oxygen atoms in total. The van der Waals surface area contributed by atoms with Gasteiger partial charge in [-0.3, -0.25) is 0 Å². The summed E-state index contributed by atoms with van der Waals surface area (Å²) < 4.78 is 0. The maximum atomic E-state index is 11.4. The van der Waals surface area contributed by atoms with E-state index in [0.717, 1.165) is 16.3 Å². The van der Waals surface area contributed by atoms with Crippen LogP contribution in [0.4, 0.5) is 10.7 Å². The van der Waals surface area contributed by atoms with Gasteiger partial charge in [0.15, 0.2) is 0 Å². The molecule has 1 aromatic carbocycles. The lowest BCUT2D eigenvalue weighted by atomic mass is 9.66. The highest BCUT2D eigenvalue weighted by Crippen LogP contribution is 2.54. The number of thiophene rings is 1. The summed E-state index contributed by atoms with van der Waals surface area (Å²) in [5.74, 6) is -0.917. The Bertz CT molecular complexity index is 1030. The summed E-state index contributed by atoms with van der Waals surface area (Å²) in [6, 6.07) is 5.23. The lowest BCUT2D eigenvalue weighted by Crippen LogP contribution is -2.32. The van der Waals surface area contributed by atoms with Crippen LogP contribution in [-0.4, -0.2) is 17.3 Å². The second-order valence-corrected chi connectivity index (χ2v) is 10.0. The highest BCUT2D eigenvalue weighted by atomic mass is 32.1. The number of carbonyl (C=O) groups is 1. The van der Waals surface area contributed by atoms with E-state index in [1.807, 2.05) is 34.6 Å². The molecule has 1 aliphatic heterocycles. The molecule has 2 heterocycles. The first kappa shape index (κ1) is 18.9. The predicted octanol–water partition coefficient (Wildman–Crippen LogP) is 6.25. The molecular weight excluding hydrogens is 368 g/mol. The van der Waals surface area contributed by atoms with Crippen molar-refractivity contribution in [2.75, 3.05) is 5.01 Å². The fourth-order valence-corrected chi connectivity index (χ4v) is 5.94. The Balaban J connectivity index is 1.90. The van der Waals surface area contributed by atoms with E-state index in [9.17, 15) is 9.90 Å². The summed E-state index contributed by atoms with van der Waals surface area (Å²) in [6.45, 7) is 11.5. The monoisotopic (exact) mass is 394 g/mol. The average Bonchev–Trinajstić information content (AvgIpc) is 2.86. The van der Waals surface area contributed by atoms with Gasteiger partial charge in [-0.25, -0.2) is 9.80 Å². The molecule has 0 saturated heterocycles. The number of carboxylic acids is 1. The molecule has 1 aliphatic carbocycles. The summed E-state index contributed by atoms with van der Waals surface area (Å²) in [5, 5.41) is 17.1. The van der Waals surface area contributed by atoms with Gasteiger partial charge in [-0.15, -0.1) is 11.3 Å². The number of hydrazone groups is 1. The Hall–Kier alpha value is -2.40. The topological polar surface area (TPSA) is 52.9 Å². The van der Waals surface area contributed by atoms with Crippen LogP contribution in [-0.2, 0) is 10.8 Å². The van der Waals surface area contributed by atoms with E-state index in [1.54, 1.807) is 18.3 Å². The van der Waals surface area contributed by atoms with Gasteiger partial charge in [0.05, 0.1) is 11.3 Å². The molecule has 2 aromatic rings.